The lowest BCUT2D eigenvalue weighted by molar-refractivity contribution is -0.383. The summed E-state index contributed by atoms with van der Waals surface area (Å²) in [4.78, 5) is 22.8. The minimum absolute atomic E-state index is 0.159. The Kier molecular flexibility index (Phi) is 4.60. The molecule has 21 heavy (non-hydrogen) atoms. The van der Waals surface area contributed by atoms with Crippen LogP contribution in [0.5, 0.6) is 0 Å². The summed E-state index contributed by atoms with van der Waals surface area (Å²) >= 11 is 0. The Hall–Kier alpha value is -2.77. The maximum Gasteiger partial charge on any atom is 0.353 e. The highest BCUT2D eigenvalue weighted by atomic mass is 16.6. The van der Waals surface area contributed by atoms with Crippen LogP contribution in [0.2, 0.25) is 0 Å². The molecule has 2 N–H and O–H groups in total. The van der Waals surface area contributed by atoms with E-state index >= 15 is 0 Å². The lowest BCUT2D eigenvalue weighted by atomic mass is 10.2. The summed E-state index contributed by atoms with van der Waals surface area (Å²) in [6, 6.07) is 3.78. The summed E-state index contributed by atoms with van der Waals surface area (Å²) in [6.45, 7) is 4.67. The van der Waals surface area contributed by atoms with Crippen LogP contribution >= 0.6 is 0 Å². The second kappa shape index (κ2) is 6.60. The van der Waals surface area contributed by atoms with Crippen LogP contribution in [0.3, 0.4) is 0 Å². The average molecular weight is 288 g/mol. The van der Waals surface area contributed by atoms with Crippen LogP contribution in [0.1, 0.15) is 18.2 Å². The summed E-state index contributed by atoms with van der Waals surface area (Å²) in [5.74, 6) is 0.383. The smallest absolute Gasteiger partial charge is 0.353 e. The molecule has 0 aliphatic rings. The van der Waals surface area contributed by atoms with Gasteiger partial charge < -0.3 is 10.6 Å². The van der Waals surface area contributed by atoms with E-state index in [1.165, 1.54) is 6.33 Å². The predicted octanol–water partition coefficient (Wildman–Crippen LogP) is 2.13. The molecular weight excluding hydrogens is 272 g/mol. The quantitative estimate of drug-likeness (QED) is 0.619. The van der Waals surface area contributed by atoms with Gasteiger partial charge in [0, 0.05) is 12.7 Å². The molecule has 2 rings (SSSR count). The average Bonchev–Trinajstić information content (AvgIpc) is 2.46. The highest BCUT2D eigenvalue weighted by molar-refractivity contribution is 5.69. The van der Waals surface area contributed by atoms with Crippen LogP contribution in [0.4, 0.5) is 17.3 Å². The summed E-state index contributed by atoms with van der Waals surface area (Å²) in [5.41, 5.74) is 1.66. The Morgan fingerprint density at radius 2 is 1.95 bits per heavy atom. The number of aryl methyl sites for hydroxylation is 1. The molecule has 0 amide bonds. The molecule has 0 unspecified atom stereocenters. The first-order valence-electron chi connectivity index (χ1n) is 6.51. The predicted molar refractivity (Wildman–Crippen MR) is 79.2 cm³/mol. The first-order chi connectivity index (χ1) is 10.1. The van der Waals surface area contributed by atoms with Gasteiger partial charge in [-0.25, -0.2) is 9.97 Å². The van der Waals surface area contributed by atoms with Crippen LogP contribution in [0.25, 0.3) is 0 Å². The Bertz CT molecular complexity index is 646. The molecule has 0 aliphatic heterocycles. The Balaban J connectivity index is 2.25. The molecule has 0 saturated carbocycles. The van der Waals surface area contributed by atoms with Crippen LogP contribution < -0.4 is 10.6 Å². The highest BCUT2D eigenvalue weighted by Crippen LogP contribution is 2.28. The van der Waals surface area contributed by atoms with Gasteiger partial charge in [-0.2, -0.15) is 0 Å². The molecule has 2 heterocycles. The molecule has 0 spiro atoms. The van der Waals surface area contributed by atoms with Crippen molar-refractivity contribution in [3.05, 3.63) is 46.0 Å². The van der Waals surface area contributed by atoms with Crippen LogP contribution in [0, 0.1) is 17.0 Å². The third kappa shape index (κ3) is 3.41. The molecule has 0 atom stereocenters. The standard InChI is InChI=1S/C13H16N6O2/c1-3-14-12-11(19(20)21)13(18-8-17-12)16-7-10-9(2)5-4-6-15-10/h4-6,8H,3,7H2,1-2H3,(H2,14,16,17,18). The minimum atomic E-state index is -0.494. The molecular formula is C13H16N6O2. The number of aromatic nitrogens is 3. The van der Waals surface area contributed by atoms with Gasteiger partial charge in [0.05, 0.1) is 17.2 Å². The number of hydrogen-bond acceptors (Lipinski definition) is 7. The van der Waals surface area contributed by atoms with Crippen LogP contribution in [-0.4, -0.2) is 26.4 Å². The van der Waals surface area contributed by atoms with Gasteiger partial charge in [0.25, 0.3) is 0 Å². The zero-order valence-electron chi connectivity index (χ0n) is 11.8. The normalized spacial score (nSPS) is 10.2. The number of anilines is 2. The molecule has 0 fully saturated rings. The fourth-order valence-electron chi connectivity index (χ4n) is 1.85. The second-order valence-electron chi connectivity index (χ2n) is 4.33. The molecule has 0 aliphatic carbocycles. The lowest BCUT2D eigenvalue weighted by Crippen LogP contribution is -2.10. The molecule has 0 saturated heterocycles. The van der Waals surface area contributed by atoms with Crippen molar-refractivity contribution in [2.24, 2.45) is 0 Å². The van der Waals surface area contributed by atoms with Crippen molar-refractivity contribution in [3.63, 3.8) is 0 Å². The van der Waals surface area contributed by atoms with Crippen molar-refractivity contribution in [2.45, 2.75) is 20.4 Å². The van der Waals surface area contributed by atoms with E-state index in [0.29, 0.717) is 13.1 Å². The van der Waals surface area contributed by atoms with E-state index in [1.807, 2.05) is 26.0 Å². The third-order valence-corrected chi connectivity index (χ3v) is 2.89. The van der Waals surface area contributed by atoms with E-state index in [9.17, 15) is 10.1 Å². The summed E-state index contributed by atoms with van der Waals surface area (Å²) < 4.78 is 0. The Morgan fingerprint density at radius 3 is 2.57 bits per heavy atom. The summed E-state index contributed by atoms with van der Waals surface area (Å²) in [6.07, 6.45) is 2.97. The molecule has 0 aromatic carbocycles. The number of nitrogens with zero attached hydrogens (tertiary/aromatic N) is 4. The van der Waals surface area contributed by atoms with Crippen molar-refractivity contribution in [3.8, 4) is 0 Å². The van der Waals surface area contributed by atoms with Gasteiger partial charge in [-0.15, -0.1) is 0 Å². The van der Waals surface area contributed by atoms with E-state index in [-0.39, 0.29) is 17.3 Å². The fraction of sp³-hybridized carbons (Fsp3) is 0.308. The number of nitrogens with one attached hydrogen (secondary N) is 2. The Labute approximate surface area is 121 Å². The SMILES string of the molecule is CCNc1ncnc(NCc2ncccc2C)c1[N+](=O)[O-]. The van der Waals surface area contributed by atoms with Crippen molar-refractivity contribution in [1.82, 2.24) is 15.0 Å². The van der Waals surface area contributed by atoms with Crippen molar-refractivity contribution < 1.29 is 4.92 Å². The van der Waals surface area contributed by atoms with Crippen molar-refractivity contribution >= 4 is 17.3 Å². The van der Waals surface area contributed by atoms with Gasteiger partial charge in [0.2, 0.25) is 11.6 Å². The van der Waals surface area contributed by atoms with Crippen LogP contribution in [-0.2, 0) is 6.54 Å². The third-order valence-electron chi connectivity index (χ3n) is 2.89. The number of nitro groups is 1. The molecule has 8 heteroatoms. The maximum absolute atomic E-state index is 11.2. The van der Waals surface area contributed by atoms with E-state index in [1.54, 1.807) is 6.20 Å². The van der Waals surface area contributed by atoms with Crippen molar-refractivity contribution in [1.29, 1.82) is 0 Å². The van der Waals surface area contributed by atoms with Crippen LogP contribution in [0.15, 0.2) is 24.7 Å². The van der Waals surface area contributed by atoms with E-state index in [2.05, 4.69) is 25.6 Å². The summed E-state index contributed by atoms with van der Waals surface area (Å²) in [7, 11) is 0. The first kappa shape index (κ1) is 14.6. The number of rotatable bonds is 6. The van der Waals surface area contributed by atoms with E-state index in [4.69, 9.17) is 0 Å². The molecule has 2 aromatic rings. The van der Waals surface area contributed by atoms with E-state index < -0.39 is 4.92 Å². The Morgan fingerprint density at radius 1 is 1.24 bits per heavy atom. The van der Waals surface area contributed by atoms with Gasteiger partial charge >= 0.3 is 5.69 Å². The molecule has 110 valence electrons. The maximum atomic E-state index is 11.2. The number of hydrogen-bond donors (Lipinski definition) is 2. The van der Waals surface area contributed by atoms with Crippen molar-refractivity contribution in [2.75, 3.05) is 17.2 Å². The topological polar surface area (TPSA) is 106 Å². The zero-order valence-corrected chi connectivity index (χ0v) is 11.8. The molecule has 8 nitrogen and oxygen atoms in total. The second-order valence-corrected chi connectivity index (χ2v) is 4.33. The fourth-order valence-corrected chi connectivity index (χ4v) is 1.85. The summed E-state index contributed by atoms with van der Waals surface area (Å²) in [5, 5.41) is 17.0. The van der Waals surface area contributed by atoms with E-state index in [0.717, 1.165) is 11.3 Å². The minimum Gasteiger partial charge on any atom is -0.364 e. The lowest BCUT2D eigenvalue weighted by Gasteiger charge is -2.09. The first-order valence-corrected chi connectivity index (χ1v) is 6.51. The molecule has 0 radical (unpaired) electrons. The molecule has 0 bridgehead atoms. The monoisotopic (exact) mass is 288 g/mol. The van der Waals surface area contributed by atoms with Gasteiger partial charge in [-0.1, -0.05) is 6.07 Å². The largest absolute Gasteiger partial charge is 0.364 e. The van der Waals surface area contributed by atoms with Gasteiger partial charge in [-0.05, 0) is 25.5 Å². The van der Waals surface area contributed by atoms with Gasteiger partial charge in [0.15, 0.2) is 0 Å². The molecule has 2 aromatic heterocycles. The van der Waals surface area contributed by atoms with Gasteiger partial charge in [0.1, 0.15) is 6.33 Å². The zero-order chi connectivity index (χ0) is 15.2. The van der Waals surface area contributed by atoms with Gasteiger partial charge in [-0.3, -0.25) is 15.1 Å². The number of pyridine rings is 1. The highest BCUT2D eigenvalue weighted by Gasteiger charge is 2.22.